The molecule has 0 saturated heterocycles. The summed E-state index contributed by atoms with van der Waals surface area (Å²) >= 11 is 0. The smallest absolute Gasteiger partial charge is 0.337 e. The minimum absolute atomic E-state index is 0.116. The first-order chi connectivity index (χ1) is 15.4. The Labute approximate surface area is 184 Å². The van der Waals surface area contributed by atoms with Crippen molar-refractivity contribution in [3.05, 3.63) is 63.7 Å². The largest absolute Gasteiger partial charge is 0.493 e. The molecule has 0 radical (unpaired) electrons. The topological polar surface area (TPSA) is 120 Å². The molecule has 0 unspecified atom stereocenters. The van der Waals surface area contributed by atoms with E-state index in [4.69, 9.17) is 14.2 Å². The molecule has 0 aliphatic rings. The van der Waals surface area contributed by atoms with Crippen LogP contribution >= 0.6 is 0 Å². The Morgan fingerprint density at radius 2 is 1.91 bits per heavy atom. The maximum atomic E-state index is 12.4. The number of methoxy groups -OCH3 is 2. The van der Waals surface area contributed by atoms with Gasteiger partial charge in [0, 0.05) is 6.54 Å². The number of benzene rings is 2. The van der Waals surface area contributed by atoms with E-state index in [2.05, 4.69) is 15.3 Å². The number of nitrogens with zero attached hydrogens (tertiary/aromatic N) is 1. The molecule has 1 amide bonds. The molecule has 0 fully saturated rings. The van der Waals surface area contributed by atoms with Gasteiger partial charge in [0.1, 0.15) is 5.82 Å². The molecule has 0 bridgehead atoms. The minimum Gasteiger partial charge on any atom is -0.493 e. The van der Waals surface area contributed by atoms with E-state index in [9.17, 15) is 14.4 Å². The lowest BCUT2D eigenvalue weighted by Crippen LogP contribution is -2.28. The molecule has 2 aromatic carbocycles. The number of likely N-dealkylation sites (N-methyl/N-ethyl adjacent to an activating group) is 1. The third-order valence-corrected chi connectivity index (χ3v) is 4.50. The van der Waals surface area contributed by atoms with Gasteiger partial charge < -0.3 is 24.5 Å². The van der Waals surface area contributed by atoms with Gasteiger partial charge in [0.15, 0.2) is 18.1 Å². The van der Waals surface area contributed by atoms with Crippen LogP contribution in [-0.4, -0.2) is 49.2 Å². The summed E-state index contributed by atoms with van der Waals surface area (Å²) in [5.74, 6) is 0.482. The molecule has 32 heavy (non-hydrogen) atoms. The Kier molecular flexibility index (Phi) is 7.22. The van der Waals surface area contributed by atoms with Crippen molar-refractivity contribution in [2.75, 3.05) is 27.4 Å². The van der Waals surface area contributed by atoms with Crippen molar-refractivity contribution in [3.63, 3.8) is 0 Å². The molecule has 9 nitrogen and oxygen atoms in total. The Balaban J connectivity index is 1.84. The number of hydrogen-bond acceptors (Lipinski definition) is 7. The Hall–Kier alpha value is -4.14. The quantitative estimate of drug-likeness (QED) is 0.519. The van der Waals surface area contributed by atoms with Crippen LogP contribution in [0.15, 0.2) is 41.2 Å². The van der Waals surface area contributed by atoms with E-state index in [-0.39, 0.29) is 18.1 Å². The molecule has 9 heteroatoms. The average Bonchev–Trinajstić information content (AvgIpc) is 2.80. The summed E-state index contributed by atoms with van der Waals surface area (Å²) in [5.41, 5.74) is 1.12. The van der Waals surface area contributed by atoms with Crippen LogP contribution < -0.4 is 20.3 Å². The molecule has 2 N–H and O–H groups in total. The number of carbonyl (C=O) groups is 2. The highest BCUT2D eigenvalue weighted by Crippen LogP contribution is 2.28. The van der Waals surface area contributed by atoms with Crippen LogP contribution in [0.4, 0.5) is 0 Å². The van der Waals surface area contributed by atoms with Crippen molar-refractivity contribution in [2.45, 2.75) is 6.92 Å². The van der Waals surface area contributed by atoms with Crippen LogP contribution in [0.3, 0.4) is 0 Å². The van der Waals surface area contributed by atoms with Crippen LogP contribution in [0.1, 0.15) is 28.7 Å². The number of hydrogen-bond donors (Lipinski definition) is 2. The second-order valence-electron chi connectivity index (χ2n) is 6.66. The summed E-state index contributed by atoms with van der Waals surface area (Å²) in [6.45, 7) is 2.24. The zero-order valence-corrected chi connectivity index (χ0v) is 17.9. The molecular weight excluding hydrogens is 414 g/mol. The van der Waals surface area contributed by atoms with Crippen LogP contribution in [0, 0.1) is 0 Å². The number of esters is 1. The van der Waals surface area contributed by atoms with Gasteiger partial charge in [-0.1, -0.05) is 12.1 Å². The SMILES string of the molecule is CCNC(=O)COc1ccc(/C=C\c2nc3cc(C(=O)OC)ccc3c(=O)[nH]2)cc1OC. The number of aromatic amines is 1. The highest BCUT2D eigenvalue weighted by molar-refractivity contribution is 5.94. The fourth-order valence-electron chi connectivity index (χ4n) is 2.96. The number of carbonyl (C=O) groups excluding carboxylic acids is 2. The lowest BCUT2D eigenvalue weighted by atomic mass is 10.1. The van der Waals surface area contributed by atoms with Gasteiger partial charge in [-0.15, -0.1) is 0 Å². The number of H-pyrrole nitrogens is 1. The summed E-state index contributed by atoms with van der Waals surface area (Å²) in [7, 11) is 2.79. The molecule has 1 heterocycles. The average molecular weight is 437 g/mol. The molecule has 0 aliphatic carbocycles. The van der Waals surface area contributed by atoms with Crippen molar-refractivity contribution in [2.24, 2.45) is 0 Å². The predicted molar refractivity (Wildman–Crippen MR) is 120 cm³/mol. The number of nitrogens with one attached hydrogen (secondary N) is 2. The third kappa shape index (κ3) is 5.31. The van der Waals surface area contributed by atoms with E-state index >= 15 is 0 Å². The van der Waals surface area contributed by atoms with Crippen molar-refractivity contribution >= 4 is 34.9 Å². The summed E-state index contributed by atoms with van der Waals surface area (Å²) in [5, 5.41) is 3.02. The van der Waals surface area contributed by atoms with Gasteiger partial charge in [0.05, 0.1) is 30.7 Å². The van der Waals surface area contributed by atoms with Gasteiger partial charge in [0.25, 0.3) is 11.5 Å². The lowest BCUT2D eigenvalue weighted by Gasteiger charge is -2.11. The van der Waals surface area contributed by atoms with Gasteiger partial charge >= 0.3 is 5.97 Å². The molecule has 0 saturated carbocycles. The van der Waals surface area contributed by atoms with Gasteiger partial charge in [-0.25, -0.2) is 9.78 Å². The third-order valence-electron chi connectivity index (χ3n) is 4.50. The van der Waals surface area contributed by atoms with Crippen molar-refractivity contribution in [3.8, 4) is 11.5 Å². The zero-order valence-electron chi connectivity index (χ0n) is 17.9. The Bertz CT molecular complexity index is 1230. The van der Waals surface area contributed by atoms with E-state index in [1.807, 2.05) is 6.92 Å². The number of rotatable bonds is 8. The lowest BCUT2D eigenvalue weighted by molar-refractivity contribution is -0.123. The molecule has 1 aromatic heterocycles. The fourth-order valence-corrected chi connectivity index (χ4v) is 2.96. The first-order valence-corrected chi connectivity index (χ1v) is 9.83. The normalized spacial score (nSPS) is 10.8. The molecule has 3 aromatic rings. The van der Waals surface area contributed by atoms with E-state index in [0.29, 0.717) is 40.3 Å². The summed E-state index contributed by atoms with van der Waals surface area (Å²) in [6.07, 6.45) is 3.38. The Morgan fingerprint density at radius 1 is 1.09 bits per heavy atom. The van der Waals surface area contributed by atoms with Gasteiger partial charge in [-0.2, -0.15) is 0 Å². The maximum Gasteiger partial charge on any atom is 0.337 e. The van der Waals surface area contributed by atoms with Crippen LogP contribution in [-0.2, 0) is 9.53 Å². The standard InChI is InChI=1S/C23H23N3O6/c1-4-24-21(27)13-32-18-9-5-14(11-19(18)30-2)6-10-20-25-17-12-15(23(29)31-3)7-8-16(17)22(28)26-20/h5-12H,4,13H2,1-3H3,(H,24,27)(H,25,26,28)/b10-6-. The molecule has 166 valence electrons. The minimum atomic E-state index is -0.507. The van der Waals surface area contributed by atoms with Gasteiger partial charge in [0.2, 0.25) is 0 Å². The van der Waals surface area contributed by atoms with Crippen LogP contribution in [0.5, 0.6) is 11.5 Å². The second-order valence-corrected chi connectivity index (χ2v) is 6.66. The van der Waals surface area contributed by atoms with E-state index in [1.54, 1.807) is 30.4 Å². The highest BCUT2D eigenvalue weighted by Gasteiger charge is 2.10. The first kappa shape index (κ1) is 22.5. The molecule has 0 spiro atoms. The monoisotopic (exact) mass is 437 g/mol. The van der Waals surface area contributed by atoms with E-state index in [1.165, 1.54) is 32.4 Å². The molecule has 0 aliphatic heterocycles. The van der Waals surface area contributed by atoms with E-state index in [0.717, 1.165) is 5.56 Å². The molecule has 0 atom stereocenters. The van der Waals surface area contributed by atoms with E-state index < -0.39 is 5.97 Å². The van der Waals surface area contributed by atoms with Crippen molar-refractivity contribution in [1.82, 2.24) is 15.3 Å². The maximum absolute atomic E-state index is 12.4. The fraction of sp³-hybridized carbons (Fsp3) is 0.217. The van der Waals surface area contributed by atoms with Crippen molar-refractivity contribution in [1.29, 1.82) is 0 Å². The summed E-state index contributed by atoms with van der Waals surface area (Å²) < 4.78 is 15.6. The van der Waals surface area contributed by atoms with Gasteiger partial charge in [-0.3, -0.25) is 9.59 Å². The number of aromatic nitrogens is 2. The van der Waals surface area contributed by atoms with Crippen LogP contribution in [0.2, 0.25) is 0 Å². The molecule has 3 rings (SSSR count). The highest BCUT2D eigenvalue weighted by atomic mass is 16.5. The van der Waals surface area contributed by atoms with Gasteiger partial charge in [-0.05, 0) is 48.9 Å². The summed E-state index contributed by atoms with van der Waals surface area (Å²) in [6, 6.07) is 9.76. The Morgan fingerprint density at radius 3 is 2.62 bits per heavy atom. The number of ether oxygens (including phenoxy) is 3. The predicted octanol–water partition coefficient (Wildman–Crippen LogP) is 2.40. The van der Waals surface area contributed by atoms with Crippen molar-refractivity contribution < 1.29 is 23.8 Å². The first-order valence-electron chi connectivity index (χ1n) is 9.83. The number of amides is 1. The zero-order chi connectivity index (χ0) is 23.1. The molecular formula is C23H23N3O6. The van der Waals surface area contributed by atoms with Crippen LogP contribution in [0.25, 0.3) is 23.1 Å². The summed E-state index contributed by atoms with van der Waals surface area (Å²) in [4.78, 5) is 42.8. The second kappa shape index (κ2) is 10.3. The number of fused-ring (bicyclic) bond motifs is 1.